The molecule has 1 amide bonds. The van der Waals surface area contributed by atoms with Crippen molar-refractivity contribution in [2.75, 3.05) is 19.3 Å². The molecule has 1 aliphatic heterocycles. The van der Waals surface area contributed by atoms with E-state index in [0.717, 1.165) is 58.9 Å². The number of nitrogens with zero attached hydrogens (tertiary/aromatic N) is 4. The summed E-state index contributed by atoms with van der Waals surface area (Å²) in [5.74, 6) is 3.16. The fraction of sp³-hybridized carbons (Fsp3) is 0.520. The highest BCUT2D eigenvalue weighted by Crippen LogP contribution is 2.36. The molecule has 0 bridgehead atoms. The Balaban J connectivity index is 1.18. The fourth-order valence-electron chi connectivity index (χ4n) is 4.98. The molecule has 1 aromatic carbocycles. The van der Waals surface area contributed by atoms with Crippen molar-refractivity contribution in [1.82, 2.24) is 19.9 Å². The Labute approximate surface area is 198 Å². The standard InChI is InChI=1S/C25H30N4OS2/c1-3-16-14-29(15-16)25(30)19-6-7-21-22(11-19)32-24(28-21)10-18-5-4-17(8-18)9-23-26-12-20(31-2)13-27-23/h6-7,11-13,16-18H,3-5,8-10,14-15H2,1-2H3/t17-,18-/m0/s1. The van der Waals surface area contributed by atoms with Crippen molar-refractivity contribution < 1.29 is 4.79 Å². The van der Waals surface area contributed by atoms with Crippen molar-refractivity contribution in [1.29, 1.82) is 0 Å². The van der Waals surface area contributed by atoms with Crippen molar-refractivity contribution in [3.05, 3.63) is 47.0 Å². The lowest BCUT2D eigenvalue weighted by Crippen LogP contribution is -2.49. The highest BCUT2D eigenvalue weighted by Gasteiger charge is 2.30. The van der Waals surface area contributed by atoms with Crippen LogP contribution in [-0.4, -0.2) is 45.1 Å². The summed E-state index contributed by atoms with van der Waals surface area (Å²) in [4.78, 5) is 29.8. The molecule has 0 radical (unpaired) electrons. The summed E-state index contributed by atoms with van der Waals surface area (Å²) in [6, 6.07) is 6.01. The number of amides is 1. The Bertz CT molecular complexity index is 1090. The monoisotopic (exact) mass is 466 g/mol. The highest BCUT2D eigenvalue weighted by atomic mass is 32.2. The lowest BCUT2D eigenvalue weighted by atomic mass is 9.96. The maximum atomic E-state index is 12.7. The van der Waals surface area contributed by atoms with Crippen LogP contribution in [0, 0.1) is 17.8 Å². The molecule has 2 aromatic heterocycles. The molecule has 0 spiro atoms. The molecule has 2 fully saturated rings. The quantitative estimate of drug-likeness (QED) is 0.431. The van der Waals surface area contributed by atoms with Crippen molar-refractivity contribution in [3.63, 3.8) is 0 Å². The fourth-order valence-corrected chi connectivity index (χ4v) is 6.41. The molecule has 3 heterocycles. The number of rotatable bonds is 7. The van der Waals surface area contributed by atoms with E-state index in [-0.39, 0.29) is 5.91 Å². The van der Waals surface area contributed by atoms with Crippen LogP contribution in [0.3, 0.4) is 0 Å². The number of fused-ring (bicyclic) bond motifs is 1. The van der Waals surface area contributed by atoms with Crippen molar-refractivity contribution in [3.8, 4) is 0 Å². The minimum atomic E-state index is 0.165. The molecule has 1 saturated carbocycles. The molecule has 1 saturated heterocycles. The summed E-state index contributed by atoms with van der Waals surface area (Å²) in [5, 5.41) is 1.20. The number of hydrogen-bond donors (Lipinski definition) is 0. The van der Waals surface area contributed by atoms with E-state index in [2.05, 4.69) is 23.1 Å². The molecule has 0 unspecified atom stereocenters. The molecule has 2 atom stereocenters. The van der Waals surface area contributed by atoms with Crippen LogP contribution < -0.4 is 0 Å². The van der Waals surface area contributed by atoms with E-state index in [1.54, 1.807) is 23.1 Å². The topological polar surface area (TPSA) is 59.0 Å². The minimum Gasteiger partial charge on any atom is -0.338 e. The van der Waals surface area contributed by atoms with Gasteiger partial charge in [0, 0.05) is 48.8 Å². The summed E-state index contributed by atoms with van der Waals surface area (Å²) >= 11 is 3.44. The maximum Gasteiger partial charge on any atom is 0.253 e. The van der Waals surface area contributed by atoms with Crippen LogP contribution in [0.1, 0.15) is 53.8 Å². The van der Waals surface area contributed by atoms with Crippen molar-refractivity contribution >= 4 is 39.2 Å². The zero-order valence-corrected chi connectivity index (χ0v) is 20.4. The first kappa shape index (κ1) is 21.8. The third-order valence-electron chi connectivity index (χ3n) is 7.00. The zero-order valence-electron chi connectivity index (χ0n) is 18.8. The van der Waals surface area contributed by atoms with Gasteiger partial charge in [-0.1, -0.05) is 6.92 Å². The number of carbonyl (C=O) groups is 1. The van der Waals surface area contributed by atoms with E-state index in [4.69, 9.17) is 4.98 Å². The Kier molecular flexibility index (Phi) is 6.47. The van der Waals surface area contributed by atoms with Crippen LogP contribution in [0.25, 0.3) is 10.2 Å². The molecule has 5 rings (SSSR count). The van der Waals surface area contributed by atoms with Gasteiger partial charge in [0.15, 0.2) is 0 Å². The van der Waals surface area contributed by atoms with Gasteiger partial charge in [0.2, 0.25) is 0 Å². The predicted octanol–water partition coefficient (Wildman–Crippen LogP) is 5.49. The van der Waals surface area contributed by atoms with Crippen LogP contribution in [0.2, 0.25) is 0 Å². The van der Waals surface area contributed by atoms with Gasteiger partial charge in [-0.05, 0) is 67.9 Å². The first-order valence-electron chi connectivity index (χ1n) is 11.6. The number of hydrogen-bond acceptors (Lipinski definition) is 6. The molecule has 5 nitrogen and oxygen atoms in total. The van der Waals surface area contributed by atoms with Crippen LogP contribution >= 0.6 is 23.1 Å². The largest absolute Gasteiger partial charge is 0.338 e. The summed E-state index contributed by atoms with van der Waals surface area (Å²) < 4.78 is 1.13. The molecule has 1 aliphatic carbocycles. The predicted molar refractivity (Wildman–Crippen MR) is 131 cm³/mol. The van der Waals surface area contributed by atoms with Crippen LogP contribution in [0.4, 0.5) is 0 Å². The first-order valence-corrected chi connectivity index (χ1v) is 13.7. The summed E-state index contributed by atoms with van der Waals surface area (Å²) in [7, 11) is 0. The lowest BCUT2D eigenvalue weighted by molar-refractivity contribution is 0.0494. The lowest BCUT2D eigenvalue weighted by Gasteiger charge is -2.38. The van der Waals surface area contributed by atoms with Gasteiger partial charge in [-0.25, -0.2) is 15.0 Å². The van der Waals surface area contributed by atoms with E-state index < -0.39 is 0 Å². The van der Waals surface area contributed by atoms with Crippen molar-refractivity contribution in [2.24, 2.45) is 17.8 Å². The van der Waals surface area contributed by atoms with Gasteiger partial charge in [0.1, 0.15) is 5.82 Å². The molecular formula is C25H30N4OS2. The van der Waals surface area contributed by atoms with E-state index >= 15 is 0 Å². The van der Waals surface area contributed by atoms with Crippen molar-refractivity contribution in [2.45, 2.75) is 50.3 Å². The summed E-state index contributed by atoms with van der Waals surface area (Å²) in [6.07, 6.45) is 12.8. The number of carbonyl (C=O) groups excluding carboxylic acids is 1. The highest BCUT2D eigenvalue weighted by molar-refractivity contribution is 7.98. The average Bonchev–Trinajstić information content (AvgIpc) is 3.39. The third-order valence-corrected chi connectivity index (χ3v) is 8.73. The number of thiazole rings is 1. The summed E-state index contributed by atoms with van der Waals surface area (Å²) in [5.41, 5.74) is 1.82. The normalized spacial score (nSPS) is 21.2. The van der Waals surface area contributed by atoms with Gasteiger partial charge in [-0.15, -0.1) is 23.1 Å². The zero-order chi connectivity index (χ0) is 22.1. The van der Waals surface area contributed by atoms with Gasteiger partial charge in [0.25, 0.3) is 5.91 Å². The number of thioether (sulfide) groups is 1. The van der Waals surface area contributed by atoms with Crippen LogP contribution in [-0.2, 0) is 12.8 Å². The van der Waals surface area contributed by atoms with E-state index in [0.29, 0.717) is 17.8 Å². The molecule has 168 valence electrons. The molecule has 32 heavy (non-hydrogen) atoms. The third kappa shape index (κ3) is 4.69. The number of aromatic nitrogens is 3. The van der Waals surface area contributed by atoms with Gasteiger partial charge in [-0.3, -0.25) is 4.79 Å². The Morgan fingerprint density at radius 1 is 1.12 bits per heavy atom. The molecule has 2 aliphatic rings. The number of benzene rings is 1. The van der Waals surface area contributed by atoms with E-state index in [1.807, 2.05) is 35.5 Å². The van der Waals surface area contributed by atoms with Gasteiger partial charge < -0.3 is 4.90 Å². The number of likely N-dealkylation sites (tertiary alicyclic amines) is 1. The second-order valence-corrected chi connectivity index (χ2v) is 11.3. The van der Waals surface area contributed by atoms with Crippen LogP contribution in [0.15, 0.2) is 35.5 Å². The van der Waals surface area contributed by atoms with E-state index in [9.17, 15) is 4.79 Å². The Morgan fingerprint density at radius 2 is 1.88 bits per heavy atom. The van der Waals surface area contributed by atoms with E-state index in [1.165, 1.54) is 24.3 Å². The summed E-state index contributed by atoms with van der Waals surface area (Å²) in [6.45, 7) is 3.99. The van der Waals surface area contributed by atoms with Gasteiger partial charge in [0.05, 0.1) is 15.2 Å². The maximum absolute atomic E-state index is 12.7. The van der Waals surface area contributed by atoms with Gasteiger partial charge in [-0.2, -0.15) is 0 Å². The smallest absolute Gasteiger partial charge is 0.253 e. The SMILES string of the molecule is CCC1CN(C(=O)c2ccc3nc(C[C@H]4CC[C@H](Cc5ncc(SC)cn5)C4)sc3c2)C1. The molecule has 0 N–H and O–H groups in total. The average molecular weight is 467 g/mol. The first-order chi connectivity index (χ1) is 15.6. The molecule has 3 aromatic rings. The van der Waals surface area contributed by atoms with Gasteiger partial charge >= 0.3 is 0 Å². The minimum absolute atomic E-state index is 0.165. The second-order valence-electron chi connectivity index (χ2n) is 9.27. The molecular weight excluding hydrogens is 436 g/mol. The Hall–Kier alpha value is -1.99. The second kappa shape index (κ2) is 9.48. The Morgan fingerprint density at radius 3 is 2.59 bits per heavy atom. The molecule has 7 heteroatoms. The van der Waals surface area contributed by atoms with Crippen LogP contribution in [0.5, 0.6) is 0 Å².